The smallest absolute Gasteiger partial charge is 0.142 e. The van der Waals surface area contributed by atoms with Crippen LogP contribution in [-0.2, 0) is 0 Å². The molecule has 0 saturated carbocycles. The molecule has 0 aliphatic heterocycles. The lowest BCUT2D eigenvalue weighted by atomic mass is 9.98. The van der Waals surface area contributed by atoms with E-state index in [1.54, 1.807) is 6.07 Å². The van der Waals surface area contributed by atoms with Gasteiger partial charge in [0.05, 0.1) is 5.02 Å². The van der Waals surface area contributed by atoms with Crippen LogP contribution in [0.25, 0.3) is 0 Å². The molecule has 102 valence electrons. The highest BCUT2D eigenvalue weighted by Gasteiger charge is 2.17. The number of nitrogens with one attached hydrogen (secondary N) is 1. The van der Waals surface area contributed by atoms with Crippen molar-refractivity contribution >= 4 is 11.6 Å². The molecule has 2 unspecified atom stereocenters. The van der Waals surface area contributed by atoms with Crippen molar-refractivity contribution in [3.63, 3.8) is 0 Å². The molecule has 0 heterocycles. The topological polar surface area (TPSA) is 32.3 Å². The maximum atomic E-state index is 13.4. The first-order valence-electron chi connectivity index (χ1n) is 6.27. The summed E-state index contributed by atoms with van der Waals surface area (Å²) in [5, 5.41) is 12.6. The molecule has 2 nitrogen and oxygen atoms in total. The van der Waals surface area contributed by atoms with E-state index in [0.29, 0.717) is 12.3 Å². The van der Waals surface area contributed by atoms with Crippen molar-refractivity contribution in [3.05, 3.63) is 34.6 Å². The van der Waals surface area contributed by atoms with Crippen LogP contribution in [0.5, 0.6) is 0 Å². The lowest BCUT2D eigenvalue weighted by Crippen LogP contribution is -2.36. The molecular formula is C14H21ClFNO. The van der Waals surface area contributed by atoms with Gasteiger partial charge >= 0.3 is 0 Å². The fourth-order valence-corrected chi connectivity index (χ4v) is 2.06. The Morgan fingerprint density at radius 2 is 2.00 bits per heavy atom. The monoisotopic (exact) mass is 273 g/mol. The van der Waals surface area contributed by atoms with Crippen LogP contribution in [0.15, 0.2) is 18.2 Å². The van der Waals surface area contributed by atoms with Crippen LogP contribution in [0.1, 0.15) is 38.8 Å². The molecule has 4 heteroatoms. The molecular weight excluding hydrogens is 253 g/mol. The minimum Gasteiger partial charge on any atom is -0.396 e. The second-order valence-electron chi connectivity index (χ2n) is 4.92. The minimum absolute atomic E-state index is 0.0238. The summed E-state index contributed by atoms with van der Waals surface area (Å²) in [4.78, 5) is 0. The van der Waals surface area contributed by atoms with Gasteiger partial charge in [0.1, 0.15) is 5.82 Å². The van der Waals surface area contributed by atoms with Gasteiger partial charge in [-0.15, -0.1) is 0 Å². The van der Waals surface area contributed by atoms with Gasteiger partial charge in [-0.3, -0.25) is 0 Å². The van der Waals surface area contributed by atoms with E-state index in [9.17, 15) is 4.39 Å². The van der Waals surface area contributed by atoms with Gasteiger partial charge in [0, 0.05) is 18.7 Å². The van der Waals surface area contributed by atoms with E-state index in [1.807, 2.05) is 13.0 Å². The first kappa shape index (κ1) is 15.4. The van der Waals surface area contributed by atoms with Gasteiger partial charge in [-0.25, -0.2) is 4.39 Å². The van der Waals surface area contributed by atoms with Crippen molar-refractivity contribution in [1.82, 2.24) is 5.32 Å². The number of aliphatic hydroxyl groups is 1. The molecule has 0 aromatic heterocycles. The first-order valence-corrected chi connectivity index (χ1v) is 6.65. The molecule has 2 N–H and O–H groups in total. The van der Waals surface area contributed by atoms with Crippen LogP contribution in [-0.4, -0.2) is 17.8 Å². The molecule has 0 aliphatic carbocycles. The van der Waals surface area contributed by atoms with Gasteiger partial charge in [0.25, 0.3) is 0 Å². The third-order valence-electron chi connectivity index (χ3n) is 3.15. The average Bonchev–Trinajstić information content (AvgIpc) is 2.31. The third kappa shape index (κ3) is 4.23. The summed E-state index contributed by atoms with van der Waals surface area (Å²) in [6.45, 7) is 6.33. The van der Waals surface area contributed by atoms with Crippen molar-refractivity contribution in [2.24, 2.45) is 5.92 Å². The molecule has 1 aromatic rings. The molecule has 18 heavy (non-hydrogen) atoms. The Kier molecular flexibility index (Phi) is 6.06. The van der Waals surface area contributed by atoms with Crippen LogP contribution in [0.3, 0.4) is 0 Å². The summed E-state index contributed by atoms with van der Waals surface area (Å²) in [6, 6.07) is 5.08. The van der Waals surface area contributed by atoms with E-state index >= 15 is 0 Å². The highest BCUT2D eigenvalue weighted by molar-refractivity contribution is 6.30. The number of aliphatic hydroxyl groups excluding tert-OH is 1. The molecule has 0 radical (unpaired) electrons. The van der Waals surface area contributed by atoms with E-state index < -0.39 is 5.82 Å². The summed E-state index contributed by atoms with van der Waals surface area (Å²) >= 11 is 5.66. The number of hydrogen-bond acceptors (Lipinski definition) is 2. The predicted molar refractivity (Wildman–Crippen MR) is 73.3 cm³/mol. The average molecular weight is 274 g/mol. The normalized spacial score (nSPS) is 14.8. The lowest BCUT2D eigenvalue weighted by molar-refractivity contribution is 0.237. The van der Waals surface area contributed by atoms with Gasteiger partial charge in [0.15, 0.2) is 0 Å². The summed E-state index contributed by atoms with van der Waals surface area (Å²) in [5.74, 6) is 0.0165. The lowest BCUT2D eigenvalue weighted by Gasteiger charge is -2.26. The fraction of sp³-hybridized carbons (Fsp3) is 0.571. The van der Waals surface area contributed by atoms with E-state index in [-0.39, 0.29) is 23.7 Å². The standard InChI is InChI=1S/C14H21ClFNO/c1-9(2)14(6-7-18)17-10(3)11-4-5-12(15)13(16)8-11/h4-5,8-10,14,17-18H,6-7H2,1-3H3. The molecule has 1 aromatic carbocycles. The number of benzene rings is 1. The van der Waals surface area contributed by atoms with Crippen molar-refractivity contribution in [2.75, 3.05) is 6.61 Å². The maximum absolute atomic E-state index is 13.4. The second-order valence-corrected chi connectivity index (χ2v) is 5.33. The van der Waals surface area contributed by atoms with Gasteiger partial charge in [-0.05, 0) is 37.0 Å². The molecule has 1 rings (SSSR count). The third-order valence-corrected chi connectivity index (χ3v) is 3.46. The first-order chi connectivity index (χ1) is 8.45. The van der Waals surface area contributed by atoms with Crippen molar-refractivity contribution in [3.8, 4) is 0 Å². The Labute approximate surface area is 113 Å². The van der Waals surface area contributed by atoms with Crippen LogP contribution >= 0.6 is 11.6 Å². The number of rotatable bonds is 6. The minimum atomic E-state index is -0.397. The maximum Gasteiger partial charge on any atom is 0.142 e. The van der Waals surface area contributed by atoms with Crippen molar-refractivity contribution in [1.29, 1.82) is 0 Å². The van der Waals surface area contributed by atoms with Gasteiger partial charge in [0.2, 0.25) is 0 Å². The molecule has 0 aliphatic rings. The Bertz CT molecular complexity index is 384. The van der Waals surface area contributed by atoms with E-state index in [2.05, 4.69) is 19.2 Å². The Hall–Kier alpha value is -0.640. The summed E-state index contributed by atoms with van der Waals surface area (Å²) in [5.41, 5.74) is 0.862. The van der Waals surface area contributed by atoms with Crippen LogP contribution in [0, 0.1) is 11.7 Å². The highest BCUT2D eigenvalue weighted by atomic mass is 35.5. The SMILES string of the molecule is CC(NC(CCO)C(C)C)c1ccc(Cl)c(F)c1. The zero-order chi connectivity index (χ0) is 13.7. The Morgan fingerprint density at radius 3 is 2.50 bits per heavy atom. The van der Waals surface area contributed by atoms with Gasteiger partial charge < -0.3 is 10.4 Å². The zero-order valence-electron chi connectivity index (χ0n) is 11.1. The molecule has 0 saturated heterocycles. The van der Waals surface area contributed by atoms with Crippen molar-refractivity contribution < 1.29 is 9.50 Å². The molecule has 0 spiro atoms. The van der Waals surface area contributed by atoms with Crippen molar-refractivity contribution in [2.45, 2.75) is 39.3 Å². The van der Waals surface area contributed by atoms with Gasteiger partial charge in [-0.2, -0.15) is 0 Å². The van der Waals surface area contributed by atoms with E-state index in [1.165, 1.54) is 6.07 Å². The van der Waals surface area contributed by atoms with E-state index in [0.717, 1.165) is 5.56 Å². The zero-order valence-corrected chi connectivity index (χ0v) is 11.8. The quantitative estimate of drug-likeness (QED) is 0.831. The molecule has 0 bridgehead atoms. The van der Waals surface area contributed by atoms with E-state index in [4.69, 9.17) is 16.7 Å². The highest BCUT2D eigenvalue weighted by Crippen LogP contribution is 2.21. The number of hydrogen-bond donors (Lipinski definition) is 2. The summed E-state index contributed by atoms with van der Waals surface area (Å²) in [6.07, 6.45) is 0.693. The molecule has 0 amide bonds. The fourth-order valence-electron chi connectivity index (χ4n) is 1.95. The van der Waals surface area contributed by atoms with Crippen LogP contribution < -0.4 is 5.32 Å². The summed E-state index contributed by atoms with van der Waals surface area (Å²) < 4.78 is 13.4. The van der Waals surface area contributed by atoms with Gasteiger partial charge in [-0.1, -0.05) is 31.5 Å². The number of halogens is 2. The summed E-state index contributed by atoms with van der Waals surface area (Å²) in [7, 11) is 0. The second kappa shape index (κ2) is 7.07. The van der Waals surface area contributed by atoms with Crippen LogP contribution in [0.4, 0.5) is 4.39 Å². The Balaban J connectivity index is 2.73. The molecule has 2 atom stereocenters. The van der Waals surface area contributed by atoms with Crippen LogP contribution in [0.2, 0.25) is 5.02 Å². The predicted octanol–water partition coefficient (Wildman–Crippen LogP) is 3.54. The molecule has 0 fully saturated rings. The largest absolute Gasteiger partial charge is 0.396 e. The Morgan fingerprint density at radius 1 is 1.33 bits per heavy atom.